The van der Waals surface area contributed by atoms with Gasteiger partial charge < -0.3 is 46.4 Å². The van der Waals surface area contributed by atoms with Gasteiger partial charge in [0.2, 0.25) is 41.4 Å². The van der Waals surface area contributed by atoms with E-state index in [0.717, 1.165) is 25.7 Å². The molecule has 0 radical (unpaired) electrons. The molecule has 4 fully saturated rings. The van der Waals surface area contributed by atoms with E-state index in [9.17, 15) is 38.7 Å². The summed E-state index contributed by atoms with van der Waals surface area (Å²) in [7, 11) is 0. The lowest BCUT2D eigenvalue weighted by molar-refractivity contribution is -0.147. The molecule has 7 atom stereocenters. The van der Waals surface area contributed by atoms with Crippen LogP contribution in [0.3, 0.4) is 0 Å². The molecule has 0 aromatic heterocycles. The molecule has 3 heterocycles. The van der Waals surface area contributed by atoms with Crippen LogP contribution < -0.4 is 26.6 Å². The van der Waals surface area contributed by atoms with E-state index in [1.807, 2.05) is 6.92 Å². The van der Waals surface area contributed by atoms with Crippen molar-refractivity contribution in [3.05, 3.63) is 0 Å². The van der Waals surface area contributed by atoms with Crippen molar-refractivity contribution >= 4 is 41.4 Å². The molecule has 4 aliphatic rings. The third-order valence-electron chi connectivity index (χ3n) is 12.3. The third-order valence-corrected chi connectivity index (χ3v) is 12.3. The van der Waals surface area contributed by atoms with Crippen molar-refractivity contribution in [3.8, 4) is 0 Å². The number of piperazine rings is 1. The van der Waals surface area contributed by atoms with E-state index < -0.39 is 65.8 Å². The smallest absolute Gasteiger partial charge is 0.245 e. The van der Waals surface area contributed by atoms with Crippen LogP contribution in [0.4, 0.5) is 0 Å². The van der Waals surface area contributed by atoms with Crippen LogP contribution in [0.15, 0.2) is 0 Å². The summed E-state index contributed by atoms with van der Waals surface area (Å²) in [5.74, 6) is -2.10. The number of carbonyl (C=O) groups is 7. The molecule has 0 aromatic carbocycles. The Kier molecular flexibility index (Phi) is 18.5. The molecule has 3 aliphatic heterocycles. The first-order valence-electron chi connectivity index (χ1n) is 21.8. The monoisotopic (exact) mass is 803 g/mol. The second-order valence-corrected chi connectivity index (χ2v) is 16.6. The molecule has 0 aromatic rings. The number of hydrogen-bond donors (Lipinski definition) is 6. The predicted octanol–water partition coefficient (Wildman–Crippen LogP) is 0.948. The zero-order valence-electron chi connectivity index (χ0n) is 34.8. The number of nitrogens with one attached hydrogen (secondary N) is 5. The average Bonchev–Trinajstić information content (AvgIpc) is 3.72. The van der Waals surface area contributed by atoms with Gasteiger partial charge in [0.25, 0.3) is 0 Å². The van der Waals surface area contributed by atoms with Gasteiger partial charge in [-0.3, -0.25) is 33.6 Å². The van der Waals surface area contributed by atoms with Crippen LogP contribution in [0.25, 0.3) is 0 Å². The van der Waals surface area contributed by atoms with Gasteiger partial charge in [-0.15, -0.1) is 0 Å². The van der Waals surface area contributed by atoms with Crippen molar-refractivity contribution in [3.63, 3.8) is 0 Å². The van der Waals surface area contributed by atoms with E-state index in [4.69, 9.17) is 0 Å². The summed E-state index contributed by atoms with van der Waals surface area (Å²) in [6.45, 7) is 10.7. The van der Waals surface area contributed by atoms with E-state index in [0.29, 0.717) is 83.7 Å². The summed E-state index contributed by atoms with van der Waals surface area (Å²) >= 11 is 0. The van der Waals surface area contributed by atoms with Crippen molar-refractivity contribution in [1.29, 1.82) is 0 Å². The van der Waals surface area contributed by atoms with Crippen molar-refractivity contribution < 1.29 is 38.7 Å². The maximum absolute atomic E-state index is 14.4. The molecular formula is C41H70N8O8. The van der Waals surface area contributed by atoms with Crippen LogP contribution in [-0.4, -0.2) is 143 Å². The highest BCUT2D eigenvalue weighted by Crippen LogP contribution is 2.31. The maximum atomic E-state index is 14.4. The summed E-state index contributed by atoms with van der Waals surface area (Å²) in [6.07, 6.45) is 8.58. The lowest BCUT2D eigenvalue weighted by Gasteiger charge is -2.38. The van der Waals surface area contributed by atoms with Crippen LogP contribution in [0.5, 0.6) is 0 Å². The normalized spacial score (nSPS) is 23.1. The minimum atomic E-state index is -1.19. The Morgan fingerprint density at radius 1 is 0.719 bits per heavy atom. The SMILES string of the molecule is CCCNC(=O)[C@@H](NC(=O)[C@@H]1CCCN1C(=O)[C@H](CC)NC(=O)[C@@H]1CCCCN1C(=O)[C@H](CCC(=O)N1CCNCC1)NC(=O)C[C@H](C)C1CCCCC1)[C@@H](C)O. The number of carbonyl (C=O) groups excluding carboxylic acids is 7. The molecule has 16 nitrogen and oxygen atoms in total. The highest BCUT2D eigenvalue weighted by atomic mass is 16.3. The number of piperidine rings is 1. The molecule has 57 heavy (non-hydrogen) atoms. The number of nitrogens with zero attached hydrogens (tertiary/aromatic N) is 3. The van der Waals surface area contributed by atoms with Gasteiger partial charge in [-0.25, -0.2) is 0 Å². The number of rotatable bonds is 18. The second-order valence-electron chi connectivity index (χ2n) is 16.6. The van der Waals surface area contributed by atoms with Gasteiger partial charge in [0.1, 0.15) is 30.2 Å². The lowest BCUT2D eigenvalue weighted by Crippen LogP contribution is -2.61. The Morgan fingerprint density at radius 3 is 1.95 bits per heavy atom. The van der Waals surface area contributed by atoms with Crippen molar-refractivity contribution in [2.24, 2.45) is 11.8 Å². The number of amides is 7. The van der Waals surface area contributed by atoms with Gasteiger partial charge in [0.15, 0.2) is 0 Å². The first-order valence-corrected chi connectivity index (χ1v) is 21.8. The largest absolute Gasteiger partial charge is 0.391 e. The van der Waals surface area contributed by atoms with Crippen LogP contribution in [0.1, 0.15) is 124 Å². The first kappa shape index (κ1) is 45.9. The fraction of sp³-hybridized carbons (Fsp3) is 0.829. The Hall–Kier alpha value is -3.79. The molecule has 7 amide bonds. The van der Waals surface area contributed by atoms with Crippen molar-refractivity contribution in [2.45, 2.75) is 160 Å². The summed E-state index contributed by atoms with van der Waals surface area (Å²) in [4.78, 5) is 99.9. The maximum Gasteiger partial charge on any atom is 0.245 e. The van der Waals surface area contributed by atoms with Crippen LogP contribution >= 0.6 is 0 Å². The Labute approximate surface area is 338 Å². The molecular weight excluding hydrogens is 732 g/mol. The fourth-order valence-electron chi connectivity index (χ4n) is 8.80. The standard InChI is InChI=1S/C41H70N8O8/c1-5-19-43-39(55)36(28(4)50)46-38(54)33-16-12-23-49(33)40(56)30(6-2)45-37(53)32-15-10-11-22-48(32)41(57)31(17-18-35(52)47-24-20-42-21-25-47)44-34(51)26-27(3)29-13-8-7-9-14-29/h27-33,36,42,50H,5-26H2,1-4H3,(H,43,55)(H,44,51)(H,45,53)(H,46,54)/t27-,28+,30-,31-,32-,33-,36-/m0/s1. The van der Waals surface area contributed by atoms with E-state index in [-0.39, 0.29) is 50.0 Å². The first-order chi connectivity index (χ1) is 27.4. The molecule has 4 rings (SSSR count). The molecule has 16 heteroatoms. The number of likely N-dealkylation sites (tertiary alicyclic amines) is 2. The zero-order chi connectivity index (χ0) is 41.5. The van der Waals surface area contributed by atoms with Gasteiger partial charge >= 0.3 is 0 Å². The molecule has 3 saturated heterocycles. The van der Waals surface area contributed by atoms with Crippen molar-refractivity contribution in [1.82, 2.24) is 41.3 Å². The van der Waals surface area contributed by atoms with E-state index in [2.05, 4.69) is 33.5 Å². The minimum absolute atomic E-state index is 0.0774. The van der Waals surface area contributed by atoms with E-state index in [1.165, 1.54) is 23.1 Å². The van der Waals surface area contributed by atoms with Gasteiger partial charge in [0.05, 0.1) is 6.10 Å². The lowest BCUT2D eigenvalue weighted by atomic mass is 9.79. The summed E-state index contributed by atoms with van der Waals surface area (Å²) in [6, 6.07) is -4.92. The molecule has 1 aliphatic carbocycles. The van der Waals surface area contributed by atoms with Crippen LogP contribution in [-0.2, 0) is 33.6 Å². The van der Waals surface area contributed by atoms with Crippen LogP contribution in [0.2, 0.25) is 0 Å². The molecule has 0 bridgehead atoms. The molecule has 0 spiro atoms. The highest BCUT2D eigenvalue weighted by molar-refractivity contribution is 5.97. The number of aliphatic hydroxyl groups is 1. The fourth-order valence-corrected chi connectivity index (χ4v) is 8.80. The molecule has 6 N–H and O–H groups in total. The van der Waals surface area contributed by atoms with Crippen molar-refractivity contribution in [2.75, 3.05) is 45.8 Å². The predicted molar refractivity (Wildman–Crippen MR) is 214 cm³/mol. The molecule has 1 saturated carbocycles. The highest BCUT2D eigenvalue weighted by Gasteiger charge is 2.41. The Bertz CT molecular complexity index is 1380. The average molecular weight is 803 g/mol. The summed E-state index contributed by atoms with van der Waals surface area (Å²) in [5, 5.41) is 24.7. The van der Waals surface area contributed by atoms with E-state index >= 15 is 0 Å². The Balaban J connectivity index is 1.44. The second kappa shape index (κ2) is 23.0. The van der Waals surface area contributed by atoms with Gasteiger partial charge in [0, 0.05) is 58.7 Å². The zero-order valence-corrected chi connectivity index (χ0v) is 34.8. The van der Waals surface area contributed by atoms with Gasteiger partial charge in [-0.05, 0) is 70.1 Å². The molecule has 0 unspecified atom stereocenters. The molecule has 322 valence electrons. The van der Waals surface area contributed by atoms with E-state index in [1.54, 1.807) is 11.8 Å². The number of hydrogen-bond acceptors (Lipinski definition) is 9. The van der Waals surface area contributed by atoms with Gasteiger partial charge in [-0.2, -0.15) is 0 Å². The topological polar surface area (TPSA) is 210 Å². The van der Waals surface area contributed by atoms with Gasteiger partial charge in [-0.1, -0.05) is 52.9 Å². The summed E-state index contributed by atoms with van der Waals surface area (Å²) in [5.41, 5.74) is 0. The minimum Gasteiger partial charge on any atom is -0.391 e. The Morgan fingerprint density at radius 2 is 1.32 bits per heavy atom. The number of aliphatic hydroxyl groups excluding tert-OH is 1. The van der Waals surface area contributed by atoms with Crippen LogP contribution in [0, 0.1) is 11.8 Å². The quantitative estimate of drug-likeness (QED) is 0.116. The third kappa shape index (κ3) is 13.1. The summed E-state index contributed by atoms with van der Waals surface area (Å²) < 4.78 is 0.